The van der Waals surface area contributed by atoms with E-state index in [0.29, 0.717) is 38.6 Å². The van der Waals surface area contributed by atoms with Crippen molar-refractivity contribution >= 4 is 40.6 Å². The number of carbonyl (C=O) groups is 3. The van der Waals surface area contributed by atoms with Crippen molar-refractivity contribution in [2.45, 2.75) is 64.5 Å². The van der Waals surface area contributed by atoms with Gasteiger partial charge >= 0.3 is 12.1 Å². The highest BCUT2D eigenvalue weighted by Gasteiger charge is 2.24. The van der Waals surface area contributed by atoms with Crippen LogP contribution in [0, 0.1) is 3.57 Å². The van der Waals surface area contributed by atoms with Crippen LogP contribution in [-0.2, 0) is 25.5 Å². The zero-order valence-corrected chi connectivity index (χ0v) is 19.7. The van der Waals surface area contributed by atoms with Crippen molar-refractivity contribution in [2.75, 3.05) is 13.7 Å². The third-order valence-corrected chi connectivity index (χ3v) is 4.69. The Hall–Kier alpha value is -1.84. The maximum absolute atomic E-state index is 12.0. The first-order chi connectivity index (χ1) is 13.6. The number of nitrogens with one attached hydrogen (secondary N) is 2. The second-order valence-corrected chi connectivity index (χ2v) is 8.94. The maximum Gasteiger partial charge on any atom is 0.408 e. The van der Waals surface area contributed by atoms with Gasteiger partial charge in [-0.2, -0.15) is 0 Å². The van der Waals surface area contributed by atoms with Gasteiger partial charge in [-0.25, -0.2) is 9.59 Å². The normalized spacial score (nSPS) is 12.0. The number of carbonyl (C=O) groups excluding carboxylic acids is 3. The van der Waals surface area contributed by atoms with Crippen molar-refractivity contribution in [3.8, 4) is 0 Å². The van der Waals surface area contributed by atoms with E-state index in [-0.39, 0.29) is 5.91 Å². The monoisotopic (exact) mass is 518 g/mol. The van der Waals surface area contributed by atoms with E-state index in [2.05, 4.69) is 33.2 Å². The molecule has 0 aliphatic heterocycles. The lowest BCUT2D eigenvalue weighted by Crippen LogP contribution is -2.44. The molecule has 1 rings (SSSR count). The molecule has 1 aromatic carbocycles. The van der Waals surface area contributed by atoms with E-state index in [1.54, 1.807) is 20.8 Å². The number of methoxy groups -OCH3 is 1. The first-order valence-corrected chi connectivity index (χ1v) is 10.8. The van der Waals surface area contributed by atoms with Crippen LogP contribution < -0.4 is 10.6 Å². The van der Waals surface area contributed by atoms with Gasteiger partial charge in [-0.05, 0) is 86.7 Å². The highest BCUT2D eigenvalue weighted by Crippen LogP contribution is 2.10. The van der Waals surface area contributed by atoms with Crippen molar-refractivity contribution in [2.24, 2.45) is 0 Å². The maximum atomic E-state index is 12.0. The Morgan fingerprint density at radius 3 is 2.34 bits per heavy atom. The van der Waals surface area contributed by atoms with Crippen LogP contribution in [0.1, 0.15) is 52.0 Å². The summed E-state index contributed by atoms with van der Waals surface area (Å²) in [6.07, 6.45) is 2.23. The van der Waals surface area contributed by atoms with Gasteiger partial charge in [0.2, 0.25) is 5.91 Å². The summed E-state index contributed by atoms with van der Waals surface area (Å²) in [4.78, 5) is 35.7. The Kier molecular flexibility index (Phi) is 11.0. The molecule has 162 valence electrons. The summed E-state index contributed by atoms with van der Waals surface area (Å²) in [5.74, 6) is -0.516. The Balaban J connectivity index is 2.28. The SMILES string of the molecule is COC(=O)[C@H](CCCCNC(=O)CCc1ccc(I)cc1)NC(=O)OC(C)(C)C. The van der Waals surface area contributed by atoms with Crippen molar-refractivity contribution in [1.29, 1.82) is 0 Å². The minimum atomic E-state index is -0.772. The summed E-state index contributed by atoms with van der Waals surface area (Å²) in [6, 6.07) is 7.33. The smallest absolute Gasteiger partial charge is 0.408 e. The van der Waals surface area contributed by atoms with E-state index in [4.69, 9.17) is 9.47 Å². The molecule has 1 aromatic rings. The van der Waals surface area contributed by atoms with Gasteiger partial charge in [-0.1, -0.05) is 12.1 Å². The molecule has 0 saturated carbocycles. The molecule has 0 bridgehead atoms. The van der Waals surface area contributed by atoms with Crippen LogP contribution in [0.4, 0.5) is 4.79 Å². The van der Waals surface area contributed by atoms with E-state index >= 15 is 0 Å². The topological polar surface area (TPSA) is 93.7 Å². The third kappa shape index (κ3) is 11.7. The van der Waals surface area contributed by atoms with Crippen LogP contribution >= 0.6 is 22.6 Å². The van der Waals surface area contributed by atoms with Crippen LogP contribution in [0.5, 0.6) is 0 Å². The number of hydrogen-bond acceptors (Lipinski definition) is 5. The number of rotatable bonds is 10. The largest absolute Gasteiger partial charge is 0.467 e. The van der Waals surface area contributed by atoms with Gasteiger partial charge < -0.3 is 20.1 Å². The summed E-state index contributed by atoms with van der Waals surface area (Å²) >= 11 is 2.25. The molecule has 0 fully saturated rings. The number of alkyl carbamates (subject to hydrolysis) is 1. The predicted molar refractivity (Wildman–Crippen MR) is 120 cm³/mol. The molecule has 0 radical (unpaired) electrons. The molecule has 0 aliphatic rings. The van der Waals surface area contributed by atoms with Crippen molar-refractivity contribution < 1.29 is 23.9 Å². The number of halogens is 1. The first kappa shape index (κ1) is 25.2. The number of amides is 2. The molecule has 2 amide bonds. The van der Waals surface area contributed by atoms with Crippen molar-refractivity contribution in [1.82, 2.24) is 10.6 Å². The minimum Gasteiger partial charge on any atom is -0.467 e. The van der Waals surface area contributed by atoms with Gasteiger partial charge in [0.25, 0.3) is 0 Å². The summed E-state index contributed by atoms with van der Waals surface area (Å²) in [5.41, 5.74) is 0.488. The molecule has 1 atom stereocenters. The average molecular weight is 518 g/mol. The number of ether oxygens (including phenoxy) is 2. The fraction of sp³-hybridized carbons (Fsp3) is 0.571. The summed E-state index contributed by atoms with van der Waals surface area (Å²) in [5, 5.41) is 5.43. The molecule has 0 spiro atoms. The quantitative estimate of drug-likeness (QED) is 0.281. The standard InChI is InChI=1S/C21H31IN2O5/c1-21(2,3)29-20(27)24-17(19(26)28-4)7-5-6-14-23-18(25)13-10-15-8-11-16(22)12-9-15/h8-9,11-12,17H,5-7,10,13-14H2,1-4H3,(H,23,25)(H,24,27)/t17-/m0/s1. The summed E-state index contributed by atoms with van der Waals surface area (Å²) in [6.45, 7) is 5.77. The first-order valence-electron chi connectivity index (χ1n) is 9.69. The van der Waals surface area contributed by atoms with Crippen LogP contribution in [0.3, 0.4) is 0 Å². The second-order valence-electron chi connectivity index (χ2n) is 7.69. The van der Waals surface area contributed by atoms with E-state index in [1.807, 2.05) is 24.3 Å². The molecular weight excluding hydrogens is 487 g/mol. The third-order valence-electron chi connectivity index (χ3n) is 3.97. The molecule has 7 nitrogen and oxygen atoms in total. The van der Waals surface area contributed by atoms with E-state index < -0.39 is 23.7 Å². The molecule has 0 heterocycles. The molecule has 0 aliphatic carbocycles. The number of aryl methyl sites for hydroxylation is 1. The average Bonchev–Trinajstić information content (AvgIpc) is 2.64. The van der Waals surface area contributed by atoms with Gasteiger partial charge in [0.1, 0.15) is 11.6 Å². The van der Waals surface area contributed by atoms with Crippen molar-refractivity contribution in [3.63, 3.8) is 0 Å². The van der Waals surface area contributed by atoms with Gasteiger partial charge in [0.15, 0.2) is 0 Å². The van der Waals surface area contributed by atoms with Gasteiger partial charge in [-0.15, -0.1) is 0 Å². The highest BCUT2D eigenvalue weighted by atomic mass is 127. The Morgan fingerprint density at radius 1 is 1.10 bits per heavy atom. The fourth-order valence-corrected chi connectivity index (χ4v) is 2.90. The Morgan fingerprint density at radius 2 is 1.76 bits per heavy atom. The Labute approximate surface area is 186 Å². The van der Waals surface area contributed by atoms with Gasteiger partial charge in [-0.3, -0.25) is 4.79 Å². The fourth-order valence-electron chi connectivity index (χ4n) is 2.54. The summed E-state index contributed by atoms with van der Waals surface area (Å²) in [7, 11) is 1.28. The zero-order valence-electron chi connectivity index (χ0n) is 17.5. The van der Waals surface area contributed by atoms with Crippen LogP contribution in [0.15, 0.2) is 24.3 Å². The number of hydrogen-bond donors (Lipinski definition) is 2. The predicted octanol–water partition coefficient (Wildman–Crippen LogP) is 3.58. The van der Waals surface area contributed by atoms with Gasteiger partial charge in [0.05, 0.1) is 7.11 Å². The molecule has 0 aromatic heterocycles. The molecule has 8 heteroatoms. The second kappa shape index (κ2) is 12.7. The lowest BCUT2D eigenvalue weighted by molar-refractivity contribution is -0.143. The molecular formula is C21H31IN2O5. The molecule has 2 N–H and O–H groups in total. The van der Waals surface area contributed by atoms with Crippen LogP contribution in [0.25, 0.3) is 0 Å². The van der Waals surface area contributed by atoms with Gasteiger partial charge in [0, 0.05) is 16.5 Å². The lowest BCUT2D eigenvalue weighted by atomic mass is 10.1. The molecule has 0 saturated heterocycles. The van der Waals surface area contributed by atoms with E-state index in [9.17, 15) is 14.4 Å². The van der Waals surface area contributed by atoms with Crippen LogP contribution in [-0.4, -0.2) is 43.3 Å². The molecule has 29 heavy (non-hydrogen) atoms. The number of esters is 1. The van der Waals surface area contributed by atoms with Crippen molar-refractivity contribution in [3.05, 3.63) is 33.4 Å². The minimum absolute atomic E-state index is 0.0000482. The van der Waals surface area contributed by atoms with Crippen LogP contribution in [0.2, 0.25) is 0 Å². The number of benzene rings is 1. The number of unbranched alkanes of at least 4 members (excludes halogenated alkanes) is 1. The molecule has 0 unspecified atom stereocenters. The highest BCUT2D eigenvalue weighted by molar-refractivity contribution is 14.1. The summed E-state index contributed by atoms with van der Waals surface area (Å²) < 4.78 is 11.1. The van der Waals surface area contributed by atoms with E-state index in [0.717, 1.165) is 5.56 Å². The van der Waals surface area contributed by atoms with E-state index in [1.165, 1.54) is 10.7 Å². The Bertz CT molecular complexity index is 671. The zero-order chi connectivity index (χ0) is 21.9. The lowest BCUT2D eigenvalue weighted by Gasteiger charge is -2.22.